The number of ether oxygens (including phenoxy) is 1. The maximum atomic E-state index is 11.9. The van der Waals surface area contributed by atoms with Crippen molar-refractivity contribution in [3.8, 4) is 5.75 Å². The van der Waals surface area contributed by atoms with Crippen molar-refractivity contribution < 1.29 is 9.53 Å². The number of anilines is 1. The van der Waals surface area contributed by atoms with Crippen LogP contribution in [-0.2, 0) is 17.8 Å². The fourth-order valence-corrected chi connectivity index (χ4v) is 2.19. The molecule has 2 aromatic carbocycles. The molecule has 4 nitrogen and oxygen atoms in total. The van der Waals surface area contributed by atoms with Crippen LogP contribution in [0.2, 0.25) is 0 Å². The van der Waals surface area contributed by atoms with Crippen molar-refractivity contribution >= 4 is 11.6 Å². The molecule has 4 heteroatoms. The Kier molecular flexibility index (Phi) is 5.98. The van der Waals surface area contributed by atoms with E-state index in [9.17, 15) is 4.79 Å². The number of nitrogens with one attached hydrogen (secondary N) is 2. The SMILES string of the molecule is CCc1ccc(NC(=O)CNCc2ccccc2OC)cc1. The first-order valence-electron chi connectivity index (χ1n) is 7.44. The van der Waals surface area contributed by atoms with E-state index in [0.29, 0.717) is 6.54 Å². The fourth-order valence-electron chi connectivity index (χ4n) is 2.19. The predicted molar refractivity (Wildman–Crippen MR) is 89.2 cm³/mol. The minimum atomic E-state index is -0.0563. The highest BCUT2D eigenvalue weighted by molar-refractivity contribution is 5.92. The minimum Gasteiger partial charge on any atom is -0.496 e. The maximum Gasteiger partial charge on any atom is 0.238 e. The first kappa shape index (κ1) is 16.0. The Morgan fingerprint density at radius 1 is 1.09 bits per heavy atom. The molecule has 0 bridgehead atoms. The molecule has 0 atom stereocenters. The van der Waals surface area contributed by atoms with Crippen LogP contribution in [0.15, 0.2) is 48.5 Å². The maximum absolute atomic E-state index is 11.9. The fraction of sp³-hybridized carbons (Fsp3) is 0.278. The van der Waals surface area contributed by atoms with Crippen LogP contribution in [0.1, 0.15) is 18.1 Å². The average molecular weight is 298 g/mol. The van der Waals surface area contributed by atoms with Gasteiger partial charge in [-0.15, -0.1) is 0 Å². The third-order valence-electron chi connectivity index (χ3n) is 3.44. The molecule has 0 saturated heterocycles. The lowest BCUT2D eigenvalue weighted by molar-refractivity contribution is -0.115. The summed E-state index contributed by atoms with van der Waals surface area (Å²) < 4.78 is 5.28. The van der Waals surface area contributed by atoms with E-state index in [1.807, 2.05) is 48.5 Å². The average Bonchev–Trinajstić information content (AvgIpc) is 2.56. The van der Waals surface area contributed by atoms with Crippen molar-refractivity contribution in [3.05, 3.63) is 59.7 Å². The number of rotatable bonds is 7. The van der Waals surface area contributed by atoms with E-state index in [1.54, 1.807) is 7.11 Å². The van der Waals surface area contributed by atoms with Crippen LogP contribution in [0, 0.1) is 0 Å². The van der Waals surface area contributed by atoms with Crippen molar-refractivity contribution in [1.82, 2.24) is 5.32 Å². The molecule has 0 aliphatic heterocycles. The summed E-state index contributed by atoms with van der Waals surface area (Å²) >= 11 is 0. The van der Waals surface area contributed by atoms with Crippen molar-refractivity contribution in [3.63, 3.8) is 0 Å². The molecule has 0 spiro atoms. The first-order chi connectivity index (χ1) is 10.7. The number of hydrogen-bond donors (Lipinski definition) is 2. The van der Waals surface area contributed by atoms with Gasteiger partial charge in [0.05, 0.1) is 13.7 Å². The van der Waals surface area contributed by atoms with Gasteiger partial charge in [-0.1, -0.05) is 37.3 Å². The smallest absolute Gasteiger partial charge is 0.238 e. The monoisotopic (exact) mass is 298 g/mol. The summed E-state index contributed by atoms with van der Waals surface area (Å²) in [6, 6.07) is 15.7. The van der Waals surface area contributed by atoms with Gasteiger partial charge in [0, 0.05) is 17.8 Å². The molecule has 0 radical (unpaired) electrons. The highest BCUT2D eigenvalue weighted by Gasteiger charge is 2.04. The summed E-state index contributed by atoms with van der Waals surface area (Å²) in [5, 5.41) is 6.00. The third-order valence-corrected chi connectivity index (χ3v) is 3.44. The molecule has 2 N–H and O–H groups in total. The Morgan fingerprint density at radius 2 is 1.82 bits per heavy atom. The van der Waals surface area contributed by atoms with Crippen LogP contribution in [0.5, 0.6) is 5.75 Å². The zero-order chi connectivity index (χ0) is 15.8. The molecule has 0 aliphatic rings. The molecule has 0 unspecified atom stereocenters. The van der Waals surface area contributed by atoms with Crippen LogP contribution < -0.4 is 15.4 Å². The molecule has 0 aliphatic carbocycles. The van der Waals surface area contributed by atoms with E-state index in [0.717, 1.165) is 23.4 Å². The van der Waals surface area contributed by atoms with Gasteiger partial charge < -0.3 is 15.4 Å². The summed E-state index contributed by atoms with van der Waals surface area (Å²) in [7, 11) is 1.64. The molecule has 2 aromatic rings. The number of hydrogen-bond acceptors (Lipinski definition) is 3. The molecule has 22 heavy (non-hydrogen) atoms. The zero-order valence-corrected chi connectivity index (χ0v) is 13.1. The summed E-state index contributed by atoms with van der Waals surface area (Å²) in [6.07, 6.45) is 0.995. The quantitative estimate of drug-likeness (QED) is 0.826. The summed E-state index contributed by atoms with van der Waals surface area (Å²) in [6.45, 7) is 2.95. The zero-order valence-electron chi connectivity index (χ0n) is 13.1. The van der Waals surface area contributed by atoms with E-state index in [1.165, 1.54) is 5.56 Å². The number of methoxy groups -OCH3 is 1. The Hall–Kier alpha value is -2.33. The Labute approximate surface area is 131 Å². The van der Waals surface area contributed by atoms with Crippen molar-refractivity contribution in [2.45, 2.75) is 19.9 Å². The van der Waals surface area contributed by atoms with Crippen LogP contribution in [0.4, 0.5) is 5.69 Å². The van der Waals surface area contributed by atoms with Gasteiger partial charge >= 0.3 is 0 Å². The number of carbonyl (C=O) groups excluding carboxylic acids is 1. The molecule has 0 saturated carbocycles. The number of amides is 1. The summed E-state index contributed by atoms with van der Waals surface area (Å²) in [5.74, 6) is 0.768. The molecular weight excluding hydrogens is 276 g/mol. The van der Waals surface area contributed by atoms with Gasteiger partial charge in [-0.3, -0.25) is 4.79 Å². The predicted octanol–water partition coefficient (Wildman–Crippen LogP) is 2.99. The summed E-state index contributed by atoms with van der Waals surface area (Å²) in [5.41, 5.74) is 3.11. The van der Waals surface area contributed by atoms with Crippen LogP contribution in [0.25, 0.3) is 0 Å². The van der Waals surface area contributed by atoms with E-state index in [2.05, 4.69) is 17.6 Å². The molecule has 0 fully saturated rings. The van der Waals surface area contributed by atoms with Gasteiger partial charge in [0.25, 0.3) is 0 Å². The largest absolute Gasteiger partial charge is 0.496 e. The van der Waals surface area contributed by atoms with E-state index >= 15 is 0 Å². The van der Waals surface area contributed by atoms with Gasteiger partial charge in [0.1, 0.15) is 5.75 Å². The standard InChI is InChI=1S/C18H22N2O2/c1-3-14-8-10-16(11-9-14)20-18(21)13-19-12-15-6-4-5-7-17(15)22-2/h4-11,19H,3,12-13H2,1-2H3,(H,20,21). The van der Waals surface area contributed by atoms with Crippen molar-refractivity contribution in [2.75, 3.05) is 19.0 Å². The van der Waals surface area contributed by atoms with Crippen LogP contribution in [-0.4, -0.2) is 19.6 Å². The normalized spacial score (nSPS) is 10.3. The first-order valence-corrected chi connectivity index (χ1v) is 7.44. The Bertz CT molecular complexity index is 609. The third kappa shape index (κ3) is 4.60. The summed E-state index contributed by atoms with van der Waals surface area (Å²) in [4.78, 5) is 11.9. The van der Waals surface area contributed by atoms with Crippen molar-refractivity contribution in [2.24, 2.45) is 0 Å². The second-order valence-electron chi connectivity index (χ2n) is 5.01. The van der Waals surface area contributed by atoms with E-state index < -0.39 is 0 Å². The molecule has 0 aromatic heterocycles. The highest BCUT2D eigenvalue weighted by atomic mass is 16.5. The number of benzene rings is 2. The molecular formula is C18H22N2O2. The number of aryl methyl sites for hydroxylation is 1. The van der Waals surface area contributed by atoms with Gasteiger partial charge in [-0.05, 0) is 30.2 Å². The lowest BCUT2D eigenvalue weighted by atomic mass is 10.1. The minimum absolute atomic E-state index is 0.0563. The lowest BCUT2D eigenvalue weighted by Crippen LogP contribution is -2.27. The molecule has 2 rings (SSSR count). The lowest BCUT2D eigenvalue weighted by Gasteiger charge is -2.10. The molecule has 116 valence electrons. The molecule has 1 amide bonds. The van der Waals surface area contributed by atoms with Gasteiger partial charge in [0.2, 0.25) is 5.91 Å². The van der Waals surface area contributed by atoms with E-state index in [4.69, 9.17) is 4.74 Å². The second-order valence-corrected chi connectivity index (χ2v) is 5.01. The molecule has 0 heterocycles. The van der Waals surface area contributed by atoms with Gasteiger partial charge in [-0.25, -0.2) is 0 Å². The van der Waals surface area contributed by atoms with Gasteiger partial charge in [-0.2, -0.15) is 0 Å². The second kappa shape index (κ2) is 8.20. The van der Waals surface area contributed by atoms with E-state index in [-0.39, 0.29) is 12.5 Å². The Morgan fingerprint density at radius 3 is 2.50 bits per heavy atom. The van der Waals surface area contributed by atoms with Crippen molar-refractivity contribution in [1.29, 1.82) is 0 Å². The topological polar surface area (TPSA) is 50.4 Å². The highest BCUT2D eigenvalue weighted by Crippen LogP contribution is 2.16. The number of para-hydroxylation sites is 1. The Balaban J connectivity index is 1.80. The van der Waals surface area contributed by atoms with Crippen LogP contribution in [0.3, 0.4) is 0 Å². The van der Waals surface area contributed by atoms with Crippen LogP contribution >= 0.6 is 0 Å². The number of carbonyl (C=O) groups is 1. The van der Waals surface area contributed by atoms with Gasteiger partial charge in [0.15, 0.2) is 0 Å².